The molecule has 152 valence electrons. The predicted octanol–water partition coefficient (Wildman–Crippen LogP) is 3.17. The molecule has 1 fully saturated rings. The van der Waals surface area contributed by atoms with E-state index >= 15 is 0 Å². The Balaban J connectivity index is 1.43. The van der Waals surface area contributed by atoms with E-state index in [1.54, 1.807) is 29.6 Å². The smallest absolute Gasteiger partial charge is 0.336 e. The Kier molecular flexibility index (Phi) is 5.28. The maximum atomic E-state index is 12.6. The third-order valence-electron chi connectivity index (χ3n) is 5.02. The minimum atomic E-state index is -3.50. The van der Waals surface area contributed by atoms with Crippen LogP contribution in [0.5, 0.6) is 5.75 Å². The minimum absolute atomic E-state index is 0.270. The van der Waals surface area contributed by atoms with Gasteiger partial charge in [0.25, 0.3) is 10.0 Å². The van der Waals surface area contributed by atoms with Crippen molar-refractivity contribution in [1.29, 1.82) is 0 Å². The molecule has 29 heavy (non-hydrogen) atoms. The van der Waals surface area contributed by atoms with E-state index < -0.39 is 21.6 Å². The fourth-order valence-corrected chi connectivity index (χ4v) is 6.05. The first-order valence-electron chi connectivity index (χ1n) is 9.14. The van der Waals surface area contributed by atoms with Gasteiger partial charge in [-0.05, 0) is 48.9 Å². The summed E-state index contributed by atoms with van der Waals surface area (Å²) in [6.45, 7) is 2.35. The number of aryl methyl sites for hydroxylation is 1. The topological polar surface area (TPSA) is 93.9 Å². The molecule has 0 radical (unpaired) electrons. The van der Waals surface area contributed by atoms with Crippen LogP contribution in [0, 0.1) is 12.8 Å². The van der Waals surface area contributed by atoms with Crippen molar-refractivity contribution >= 4 is 38.3 Å². The monoisotopic (exact) mass is 433 g/mol. The summed E-state index contributed by atoms with van der Waals surface area (Å²) in [7, 11) is -3.50. The largest absolute Gasteiger partial charge is 0.426 e. The molecule has 1 aromatic carbocycles. The predicted molar refractivity (Wildman–Crippen MR) is 109 cm³/mol. The van der Waals surface area contributed by atoms with Crippen LogP contribution >= 0.6 is 11.3 Å². The molecule has 2 aromatic heterocycles. The molecule has 0 saturated carbocycles. The maximum absolute atomic E-state index is 12.6. The number of piperidine rings is 1. The normalized spacial score (nSPS) is 16.2. The Labute approximate surface area is 171 Å². The highest BCUT2D eigenvalue weighted by molar-refractivity contribution is 7.91. The van der Waals surface area contributed by atoms with Crippen LogP contribution in [-0.2, 0) is 14.8 Å². The van der Waals surface area contributed by atoms with Gasteiger partial charge in [0.2, 0.25) is 0 Å². The third kappa shape index (κ3) is 3.98. The second-order valence-electron chi connectivity index (χ2n) is 6.94. The first-order valence-corrected chi connectivity index (χ1v) is 11.5. The molecular formula is C20H19NO6S2. The number of carbonyl (C=O) groups is 1. The van der Waals surface area contributed by atoms with Crippen LogP contribution in [0.4, 0.5) is 0 Å². The van der Waals surface area contributed by atoms with Crippen molar-refractivity contribution < 1.29 is 22.4 Å². The highest BCUT2D eigenvalue weighted by atomic mass is 32.2. The van der Waals surface area contributed by atoms with Crippen LogP contribution in [-0.4, -0.2) is 31.8 Å². The average Bonchev–Trinajstić information content (AvgIpc) is 3.23. The zero-order chi connectivity index (χ0) is 20.6. The zero-order valence-electron chi connectivity index (χ0n) is 15.7. The van der Waals surface area contributed by atoms with Gasteiger partial charge in [0.15, 0.2) is 0 Å². The highest BCUT2D eigenvalue weighted by Gasteiger charge is 2.33. The van der Waals surface area contributed by atoms with E-state index in [0.717, 1.165) is 10.9 Å². The second kappa shape index (κ2) is 7.74. The molecule has 0 amide bonds. The second-order valence-corrected chi connectivity index (χ2v) is 10.1. The SMILES string of the molecule is Cc1cc(=O)oc2cc(OC(=O)C3CCN(S(=O)(=O)c4cccs4)CC3)ccc12. The van der Waals surface area contributed by atoms with E-state index in [1.165, 1.54) is 27.8 Å². The number of thiophene rings is 1. The van der Waals surface area contributed by atoms with Crippen LogP contribution in [0.3, 0.4) is 0 Å². The average molecular weight is 434 g/mol. The molecule has 7 nitrogen and oxygen atoms in total. The van der Waals surface area contributed by atoms with Crippen molar-refractivity contribution in [1.82, 2.24) is 4.31 Å². The van der Waals surface area contributed by atoms with Crippen molar-refractivity contribution in [3.05, 3.63) is 57.8 Å². The van der Waals surface area contributed by atoms with E-state index in [9.17, 15) is 18.0 Å². The van der Waals surface area contributed by atoms with E-state index in [1.807, 2.05) is 6.92 Å². The molecule has 0 spiro atoms. The van der Waals surface area contributed by atoms with E-state index in [0.29, 0.717) is 28.4 Å². The summed E-state index contributed by atoms with van der Waals surface area (Å²) in [6.07, 6.45) is 0.788. The molecule has 3 heterocycles. The van der Waals surface area contributed by atoms with Gasteiger partial charge < -0.3 is 9.15 Å². The standard InChI is InChI=1S/C20H19NO6S2/c1-13-11-18(22)27-17-12-15(4-5-16(13)17)26-20(23)14-6-8-21(9-7-14)29(24,25)19-3-2-10-28-19/h2-5,10-12,14H,6-9H2,1H3. The number of hydrogen-bond acceptors (Lipinski definition) is 7. The molecule has 1 aliphatic heterocycles. The maximum Gasteiger partial charge on any atom is 0.336 e. The van der Waals surface area contributed by atoms with Crippen LogP contribution in [0.2, 0.25) is 0 Å². The first kappa shape index (κ1) is 19.8. The zero-order valence-corrected chi connectivity index (χ0v) is 17.3. The van der Waals surface area contributed by atoms with Gasteiger partial charge in [0.05, 0.1) is 5.92 Å². The first-order chi connectivity index (χ1) is 13.8. The lowest BCUT2D eigenvalue weighted by Gasteiger charge is -2.29. The lowest BCUT2D eigenvalue weighted by atomic mass is 9.98. The number of ether oxygens (including phenoxy) is 1. The van der Waals surface area contributed by atoms with Gasteiger partial charge in [-0.15, -0.1) is 11.3 Å². The Hall–Kier alpha value is -2.49. The summed E-state index contributed by atoms with van der Waals surface area (Å²) in [5, 5.41) is 2.50. The summed E-state index contributed by atoms with van der Waals surface area (Å²) < 4.78 is 37.5. The molecular weight excluding hydrogens is 414 g/mol. The summed E-state index contributed by atoms with van der Waals surface area (Å²) in [5.74, 6) is -0.498. The number of hydrogen-bond donors (Lipinski definition) is 0. The van der Waals surface area contributed by atoms with E-state index in [2.05, 4.69) is 0 Å². The number of nitrogens with zero attached hydrogens (tertiary/aromatic N) is 1. The van der Waals surface area contributed by atoms with E-state index in [4.69, 9.17) is 9.15 Å². The fraction of sp³-hybridized carbons (Fsp3) is 0.300. The molecule has 0 N–H and O–H groups in total. The van der Waals surface area contributed by atoms with Gasteiger partial charge >= 0.3 is 11.6 Å². The van der Waals surface area contributed by atoms with Crippen molar-refractivity contribution in [2.75, 3.05) is 13.1 Å². The van der Waals surface area contributed by atoms with Crippen LogP contribution in [0.25, 0.3) is 11.0 Å². The van der Waals surface area contributed by atoms with Crippen LogP contribution < -0.4 is 10.4 Å². The fourth-order valence-electron chi connectivity index (χ4n) is 3.44. The highest BCUT2D eigenvalue weighted by Crippen LogP contribution is 2.28. The van der Waals surface area contributed by atoms with Crippen molar-refractivity contribution in [3.8, 4) is 5.75 Å². The minimum Gasteiger partial charge on any atom is -0.426 e. The molecule has 1 aliphatic rings. The molecule has 9 heteroatoms. The van der Waals surface area contributed by atoms with Gasteiger partial charge in [-0.25, -0.2) is 13.2 Å². The summed E-state index contributed by atoms with van der Waals surface area (Å²) in [4.78, 5) is 24.1. The number of benzene rings is 1. The molecule has 3 aromatic rings. The third-order valence-corrected chi connectivity index (χ3v) is 8.29. The Morgan fingerprint density at radius 2 is 1.97 bits per heavy atom. The van der Waals surface area contributed by atoms with Crippen LogP contribution in [0.15, 0.2) is 55.2 Å². The van der Waals surface area contributed by atoms with Crippen molar-refractivity contribution in [3.63, 3.8) is 0 Å². The lowest BCUT2D eigenvalue weighted by Crippen LogP contribution is -2.40. The van der Waals surface area contributed by atoms with Crippen molar-refractivity contribution in [2.24, 2.45) is 5.92 Å². The Bertz CT molecular complexity index is 1210. The number of fused-ring (bicyclic) bond motifs is 1. The van der Waals surface area contributed by atoms with Gasteiger partial charge in [-0.2, -0.15) is 4.31 Å². The van der Waals surface area contributed by atoms with Gasteiger partial charge in [0.1, 0.15) is 15.5 Å². The molecule has 1 saturated heterocycles. The number of rotatable bonds is 4. The van der Waals surface area contributed by atoms with Gasteiger partial charge in [-0.3, -0.25) is 4.79 Å². The van der Waals surface area contributed by atoms with Crippen molar-refractivity contribution in [2.45, 2.75) is 24.0 Å². The molecule has 0 bridgehead atoms. The molecule has 0 unspecified atom stereocenters. The molecule has 0 aliphatic carbocycles. The van der Waals surface area contributed by atoms with Gasteiger partial charge in [-0.1, -0.05) is 6.07 Å². The number of sulfonamides is 1. The van der Waals surface area contributed by atoms with E-state index in [-0.39, 0.29) is 19.0 Å². The summed E-state index contributed by atoms with van der Waals surface area (Å²) >= 11 is 1.18. The molecule has 4 rings (SSSR count). The Morgan fingerprint density at radius 3 is 2.66 bits per heavy atom. The quantitative estimate of drug-likeness (QED) is 0.356. The lowest BCUT2D eigenvalue weighted by molar-refractivity contribution is -0.140. The van der Waals surface area contributed by atoms with Crippen LogP contribution in [0.1, 0.15) is 18.4 Å². The summed E-state index contributed by atoms with van der Waals surface area (Å²) in [6, 6.07) is 9.62. The Morgan fingerprint density at radius 1 is 1.21 bits per heavy atom. The van der Waals surface area contributed by atoms with Gasteiger partial charge in [0, 0.05) is 30.6 Å². The molecule has 0 atom stereocenters. The number of esters is 1. The summed E-state index contributed by atoms with van der Waals surface area (Å²) in [5.41, 5.74) is 0.684. The number of carbonyl (C=O) groups excluding carboxylic acids is 1.